The summed E-state index contributed by atoms with van der Waals surface area (Å²) < 4.78 is 19.9. The number of nitrogens with one attached hydrogen (secondary N) is 1. The van der Waals surface area contributed by atoms with Crippen LogP contribution in [0.15, 0.2) is 30.6 Å². The van der Waals surface area contributed by atoms with E-state index in [0.717, 1.165) is 18.9 Å². The molecule has 9 heteroatoms. The Morgan fingerprint density at radius 3 is 2.85 bits per heavy atom. The van der Waals surface area contributed by atoms with E-state index in [4.69, 9.17) is 22.1 Å². The Labute approximate surface area is 160 Å². The van der Waals surface area contributed by atoms with Crippen molar-refractivity contribution in [2.24, 2.45) is 5.73 Å². The monoisotopic (exact) mass is 388 g/mol. The largest absolute Gasteiger partial charge is 0.492 e. The first-order chi connectivity index (χ1) is 13.1. The Hall–Kier alpha value is -2.71. The minimum atomic E-state index is -0.612. The molecule has 0 bridgehead atoms. The quantitative estimate of drug-likeness (QED) is 0.694. The molecule has 3 aromatic rings. The van der Waals surface area contributed by atoms with E-state index < -0.39 is 5.82 Å². The zero-order chi connectivity index (χ0) is 19.0. The van der Waals surface area contributed by atoms with E-state index >= 15 is 0 Å². The molecule has 1 saturated heterocycles. The molecule has 0 atom stereocenters. The van der Waals surface area contributed by atoms with Gasteiger partial charge in [0.05, 0.1) is 17.8 Å². The van der Waals surface area contributed by atoms with Gasteiger partial charge in [0.15, 0.2) is 11.6 Å². The third-order valence-electron chi connectivity index (χ3n) is 4.30. The van der Waals surface area contributed by atoms with Crippen molar-refractivity contribution in [1.82, 2.24) is 15.0 Å². The SMILES string of the molecule is CCOc1ccc(Nc2ncnc3ccc(N4CC(N)C4)nc23)c(F)c1Cl. The van der Waals surface area contributed by atoms with Gasteiger partial charge in [0, 0.05) is 19.1 Å². The number of benzene rings is 1. The van der Waals surface area contributed by atoms with Crippen molar-refractivity contribution in [3.63, 3.8) is 0 Å². The fourth-order valence-electron chi connectivity index (χ4n) is 2.92. The molecule has 0 aliphatic carbocycles. The third-order valence-corrected chi connectivity index (χ3v) is 4.65. The summed E-state index contributed by atoms with van der Waals surface area (Å²) in [7, 11) is 0. The van der Waals surface area contributed by atoms with Crippen LogP contribution >= 0.6 is 11.6 Å². The lowest BCUT2D eigenvalue weighted by molar-refractivity contribution is 0.338. The number of pyridine rings is 1. The zero-order valence-corrected chi connectivity index (χ0v) is 15.4. The van der Waals surface area contributed by atoms with Gasteiger partial charge in [-0.15, -0.1) is 0 Å². The molecule has 7 nitrogen and oxygen atoms in total. The highest BCUT2D eigenvalue weighted by atomic mass is 35.5. The van der Waals surface area contributed by atoms with Crippen LogP contribution in [0.25, 0.3) is 11.0 Å². The number of rotatable bonds is 5. The molecular weight excluding hydrogens is 371 g/mol. The van der Waals surface area contributed by atoms with Gasteiger partial charge in [0.2, 0.25) is 0 Å². The highest BCUT2D eigenvalue weighted by molar-refractivity contribution is 6.32. The van der Waals surface area contributed by atoms with E-state index in [9.17, 15) is 4.39 Å². The van der Waals surface area contributed by atoms with Crippen LogP contribution in [0, 0.1) is 5.82 Å². The fourth-order valence-corrected chi connectivity index (χ4v) is 3.14. The van der Waals surface area contributed by atoms with Gasteiger partial charge >= 0.3 is 0 Å². The number of nitrogens with two attached hydrogens (primary N) is 1. The van der Waals surface area contributed by atoms with E-state index in [2.05, 4.69) is 25.2 Å². The van der Waals surface area contributed by atoms with Crippen LogP contribution in [0.4, 0.5) is 21.7 Å². The molecule has 27 heavy (non-hydrogen) atoms. The molecule has 2 aromatic heterocycles. The average Bonchev–Trinajstić information content (AvgIpc) is 2.65. The van der Waals surface area contributed by atoms with E-state index in [0.29, 0.717) is 29.2 Å². The molecule has 0 saturated carbocycles. The molecule has 3 heterocycles. The van der Waals surface area contributed by atoms with Gasteiger partial charge in [-0.05, 0) is 31.2 Å². The first kappa shape index (κ1) is 17.7. The molecule has 1 aliphatic rings. The van der Waals surface area contributed by atoms with Crippen molar-refractivity contribution in [2.45, 2.75) is 13.0 Å². The van der Waals surface area contributed by atoms with E-state index in [1.807, 2.05) is 19.1 Å². The van der Waals surface area contributed by atoms with Gasteiger partial charge in [0.25, 0.3) is 0 Å². The summed E-state index contributed by atoms with van der Waals surface area (Å²) in [6, 6.07) is 7.07. The molecule has 0 unspecified atom stereocenters. The van der Waals surface area contributed by atoms with Gasteiger partial charge in [-0.2, -0.15) is 0 Å². The molecule has 4 rings (SSSR count). The standard InChI is InChI=1S/C18H18ClFN6O/c1-2-27-13-5-3-11(16(20)15(13)19)24-18-17-12(22-9-23-18)4-6-14(25-17)26-7-10(21)8-26/h3-6,9-10H,2,7-8,21H2,1H3,(H,22,23,24). The van der Waals surface area contributed by atoms with Gasteiger partial charge in [-0.25, -0.2) is 19.3 Å². The predicted molar refractivity (Wildman–Crippen MR) is 103 cm³/mol. The number of ether oxygens (including phenoxy) is 1. The molecule has 1 fully saturated rings. The lowest BCUT2D eigenvalue weighted by atomic mass is 10.1. The molecule has 0 spiro atoms. The normalized spacial score (nSPS) is 14.3. The Kier molecular flexibility index (Phi) is 4.67. The van der Waals surface area contributed by atoms with Crippen LogP contribution in [0.3, 0.4) is 0 Å². The van der Waals surface area contributed by atoms with Crippen LogP contribution in [0.5, 0.6) is 5.75 Å². The molecular formula is C18H18ClFN6O. The van der Waals surface area contributed by atoms with Crippen molar-refractivity contribution < 1.29 is 9.13 Å². The summed E-state index contributed by atoms with van der Waals surface area (Å²) in [5.41, 5.74) is 7.22. The Morgan fingerprint density at radius 2 is 2.11 bits per heavy atom. The molecule has 3 N–H and O–H groups in total. The highest BCUT2D eigenvalue weighted by Crippen LogP contribution is 2.34. The summed E-state index contributed by atoms with van der Waals surface area (Å²) in [6.07, 6.45) is 1.40. The van der Waals surface area contributed by atoms with E-state index in [1.165, 1.54) is 6.33 Å². The molecule has 140 valence electrons. The summed E-state index contributed by atoms with van der Waals surface area (Å²) in [5, 5.41) is 2.88. The van der Waals surface area contributed by atoms with Gasteiger partial charge in [0.1, 0.15) is 28.4 Å². The van der Waals surface area contributed by atoms with Crippen molar-refractivity contribution in [3.05, 3.63) is 41.4 Å². The third kappa shape index (κ3) is 3.33. The van der Waals surface area contributed by atoms with Crippen LogP contribution < -0.4 is 20.7 Å². The number of hydrogen-bond acceptors (Lipinski definition) is 7. The zero-order valence-electron chi connectivity index (χ0n) is 14.6. The van der Waals surface area contributed by atoms with Gasteiger partial charge in [-0.1, -0.05) is 11.6 Å². The van der Waals surface area contributed by atoms with E-state index in [-0.39, 0.29) is 16.8 Å². The highest BCUT2D eigenvalue weighted by Gasteiger charge is 2.24. The second-order valence-corrected chi connectivity index (χ2v) is 6.60. The summed E-state index contributed by atoms with van der Waals surface area (Å²) >= 11 is 6.06. The van der Waals surface area contributed by atoms with Gasteiger partial charge < -0.3 is 20.7 Å². The maximum absolute atomic E-state index is 14.6. The molecule has 0 amide bonds. The number of nitrogens with zero attached hydrogens (tertiary/aromatic N) is 4. The van der Waals surface area contributed by atoms with Crippen molar-refractivity contribution >= 4 is 40.0 Å². The number of fused-ring (bicyclic) bond motifs is 1. The topological polar surface area (TPSA) is 89.2 Å². The second-order valence-electron chi connectivity index (χ2n) is 6.22. The molecule has 1 aliphatic heterocycles. The fraction of sp³-hybridized carbons (Fsp3) is 0.278. The van der Waals surface area contributed by atoms with Crippen molar-refractivity contribution in [1.29, 1.82) is 0 Å². The summed E-state index contributed by atoms with van der Waals surface area (Å²) in [5.74, 6) is 0.863. The van der Waals surface area contributed by atoms with Crippen LogP contribution in [0.2, 0.25) is 5.02 Å². The Balaban J connectivity index is 1.69. The van der Waals surface area contributed by atoms with Crippen LogP contribution in [-0.2, 0) is 0 Å². The Morgan fingerprint density at radius 1 is 1.30 bits per heavy atom. The second kappa shape index (κ2) is 7.13. The Bertz CT molecular complexity index is 995. The maximum atomic E-state index is 14.6. The van der Waals surface area contributed by atoms with Gasteiger partial charge in [-0.3, -0.25) is 0 Å². The lowest BCUT2D eigenvalue weighted by Crippen LogP contribution is -2.56. The average molecular weight is 389 g/mol. The minimum Gasteiger partial charge on any atom is -0.492 e. The van der Waals surface area contributed by atoms with Crippen LogP contribution in [0.1, 0.15) is 6.92 Å². The van der Waals surface area contributed by atoms with E-state index in [1.54, 1.807) is 12.1 Å². The number of halogens is 2. The lowest BCUT2D eigenvalue weighted by Gasteiger charge is -2.37. The maximum Gasteiger partial charge on any atom is 0.169 e. The number of aromatic nitrogens is 3. The first-order valence-corrected chi connectivity index (χ1v) is 8.94. The van der Waals surface area contributed by atoms with Crippen molar-refractivity contribution in [3.8, 4) is 5.75 Å². The number of hydrogen-bond donors (Lipinski definition) is 2. The predicted octanol–water partition coefficient (Wildman–Crippen LogP) is 3.11. The first-order valence-electron chi connectivity index (χ1n) is 8.57. The summed E-state index contributed by atoms with van der Waals surface area (Å²) in [4.78, 5) is 15.1. The summed E-state index contributed by atoms with van der Waals surface area (Å²) in [6.45, 7) is 3.70. The minimum absolute atomic E-state index is 0.0802. The van der Waals surface area contributed by atoms with Crippen molar-refractivity contribution in [2.75, 3.05) is 29.9 Å². The molecule has 1 aromatic carbocycles. The molecule has 0 radical (unpaired) electrons. The van der Waals surface area contributed by atoms with Crippen LogP contribution in [-0.4, -0.2) is 40.7 Å². The number of anilines is 3. The smallest absolute Gasteiger partial charge is 0.169 e.